The largest absolute Gasteiger partial charge is 0.508 e. The first-order valence-corrected chi connectivity index (χ1v) is 15.3. The second-order valence-corrected chi connectivity index (χ2v) is 12.0. The van der Waals surface area contributed by atoms with E-state index in [0.29, 0.717) is 21.7 Å². The maximum Gasteiger partial charge on any atom is 0.346 e. The van der Waals surface area contributed by atoms with E-state index in [1.54, 1.807) is 18.2 Å². The Morgan fingerprint density at radius 1 is 1.10 bits per heavy atom. The summed E-state index contributed by atoms with van der Waals surface area (Å²) >= 11 is 2.68. The number of anilines is 1. The number of nitrogens with zero attached hydrogens (tertiary/aromatic N) is 5. The number of nitriles is 1. The van der Waals surface area contributed by atoms with Crippen LogP contribution in [0.25, 0.3) is 15.6 Å². The fourth-order valence-corrected chi connectivity index (χ4v) is 6.50. The maximum absolute atomic E-state index is 11.1. The molecular formula is C31H33N5O3S2. The van der Waals surface area contributed by atoms with Crippen molar-refractivity contribution < 1.29 is 15.0 Å². The lowest BCUT2D eigenvalue weighted by Gasteiger charge is -2.26. The van der Waals surface area contributed by atoms with Crippen molar-refractivity contribution in [3.8, 4) is 11.8 Å². The van der Waals surface area contributed by atoms with Gasteiger partial charge in [-0.15, -0.1) is 21.6 Å². The van der Waals surface area contributed by atoms with Gasteiger partial charge in [-0.05, 0) is 86.2 Å². The zero-order valence-corrected chi connectivity index (χ0v) is 24.8. The quantitative estimate of drug-likeness (QED) is 0.0658. The van der Waals surface area contributed by atoms with E-state index in [1.807, 2.05) is 30.3 Å². The number of fused-ring (bicyclic) bond motifs is 1. The molecule has 0 aliphatic heterocycles. The van der Waals surface area contributed by atoms with Crippen molar-refractivity contribution in [3.63, 3.8) is 0 Å². The topological polar surface area (TPSA) is 122 Å². The molecule has 0 fully saturated rings. The van der Waals surface area contributed by atoms with Crippen molar-refractivity contribution in [2.45, 2.75) is 46.0 Å². The molecule has 212 valence electrons. The number of aromatic hydroxyl groups is 1. The van der Waals surface area contributed by atoms with Crippen LogP contribution in [0.4, 0.5) is 16.5 Å². The highest BCUT2D eigenvalue weighted by molar-refractivity contribution is 7.29. The van der Waals surface area contributed by atoms with Gasteiger partial charge in [0.2, 0.25) is 5.13 Å². The molecule has 41 heavy (non-hydrogen) atoms. The van der Waals surface area contributed by atoms with Crippen LogP contribution in [-0.2, 0) is 11.2 Å². The molecule has 0 amide bonds. The van der Waals surface area contributed by atoms with Crippen LogP contribution < -0.4 is 4.90 Å². The molecule has 0 aliphatic carbocycles. The molecule has 0 aliphatic rings. The van der Waals surface area contributed by atoms with Crippen molar-refractivity contribution >= 4 is 60.8 Å². The van der Waals surface area contributed by atoms with E-state index in [-0.39, 0.29) is 5.57 Å². The van der Waals surface area contributed by atoms with Crippen molar-refractivity contribution in [2.75, 3.05) is 18.0 Å². The summed E-state index contributed by atoms with van der Waals surface area (Å²) in [5.41, 5.74) is 2.88. The summed E-state index contributed by atoms with van der Waals surface area (Å²) in [5.74, 6) is -0.336. The predicted molar refractivity (Wildman–Crippen MR) is 167 cm³/mol. The number of hydrogen-bond acceptors (Lipinski definition) is 9. The molecule has 1 atom stereocenters. The normalized spacial score (nSPS) is 12.6. The summed E-state index contributed by atoms with van der Waals surface area (Å²) in [7, 11) is 0. The van der Waals surface area contributed by atoms with Crippen LogP contribution in [0, 0.1) is 17.2 Å². The van der Waals surface area contributed by atoms with Gasteiger partial charge < -0.3 is 15.1 Å². The van der Waals surface area contributed by atoms with Gasteiger partial charge in [0.25, 0.3) is 0 Å². The van der Waals surface area contributed by atoms with Gasteiger partial charge in [-0.3, -0.25) is 0 Å². The molecule has 2 heterocycles. The number of phenols is 1. The standard InChI is InChI=1S/C31H33N5O3S2/c1-3-36(20-21(2)7-5-4-6-8-22-9-15-26(37)16-10-22)25-13-11-24(12-14-25)34-35-31-33-29-28(41-31)18-27(40-29)17-23(19-32)30(38)39/h9-18,21,37H,3-8,20H2,1-2H3,(H,38,39)/b23-17+,35-34?. The number of unbranched alkanes of at least 4 members (excludes halogenated alkanes) is 2. The Hall–Kier alpha value is -4.07. The summed E-state index contributed by atoms with van der Waals surface area (Å²) in [6, 6.07) is 19.1. The number of aliphatic carboxylic acids is 1. The number of aromatic nitrogens is 1. The van der Waals surface area contributed by atoms with Gasteiger partial charge in [-0.25, -0.2) is 9.78 Å². The number of thiophene rings is 1. The Bertz CT molecular complexity index is 1520. The van der Waals surface area contributed by atoms with Crippen LogP contribution in [0.1, 0.15) is 50.0 Å². The average molecular weight is 588 g/mol. The van der Waals surface area contributed by atoms with Crippen LogP contribution in [0.2, 0.25) is 0 Å². The molecule has 10 heteroatoms. The summed E-state index contributed by atoms with van der Waals surface area (Å²) in [6.07, 6.45) is 7.19. The molecule has 4 aromatic rings. The molecule has 2 N–H and O–H groups in total. The Kier molecular flexibility index (Phi) is 10.6. The first kappa shape index (κ1) is 29.9. The second-order valence-electron chi connectivity index (χ2n) is 9.92. The van der Waals surface area contributed by atoms with Crippen LogP contribution in [-0.4, -0.2) is 34.3 Å². The third kappa shape index (κ3) is 8.71. The number of benzene rings is 2. The fourth-order valence-electron chi connectivity index (χ4n) is 4.52. The van der Waals surface area contributed by atoms with E-state index in [4.69, 9.17) is 10.4 Å². The lowest BCUT2D eigenvalue weighted by molar-refractivity contribution is -0.132. The lowest BCUT2D eigenvalue weighted by Crippen LogP contribution is -2.28. The van der Waals surface area contributed by atoms with Crippen LogP contribution >= 0.6 is 22.7 Å². The minimum absolute atomic E-state index is 0.309. The predicted octanol–water partition coefficient (Wildman–Crippen LogP) is 8.74. The third-order valence-corrected chi connectivity index (χ3v) is 8.70. The summed E-state index contributed by atoms with van der Waals surface area (Å²) in [5, 5.41) is 36.5. The summed E-state index contributed by atoms with van der Waals surface area (Å²) in [4.78, 5) is 19.3. The Labute approximate surface area is 247 Å². The van der Waals surface area contributed by atoms with Gasteiger partial charge >= 0.3 is 5.97 Å². The maximum atomic E-state index is 11.1. The first-order chi connectivity index (χ1) is 19.8. The molecule has 0 bridgehead atoms. The van der Waals surface area contributed by atoms with E-state index < -0.39 is 5.97 Å². The van der Waals surface area contributed by atoms with E-state index in [2.05, 4.69) is 46.1 Å². The summed E-state index contributed by atoms with van der Waals surface area (Å²) < 4.78 is 0.873. The van der Waals surface area contributed by atoms with Gasteiger partial charge in [-0.2, -0.15) is 5.26 Å². The Morgan fingerprint density at radius 3 is 2.51 bits per heavy atom. The van der Waals surface area contributed by atoms with Gasteiger partial charge in [0.1, 0.15) is 22.2 Å². The molecule has 2 aromatic carbocycles. The van der Waals surface area contributed by atoms with Crippen molar-refractivity contribution in [3.05, 3.63) is 70.6 Å². The Balaban J connectivity index is 1.25. The van der Waals surface area contributed by atoms with E-state index in [9.17, 15) is 9.90 Å². The second kappa shape index (κ2) is 14.5. The molecule has 1 unspecified atom stereocenters. The molecule has 2 aromatic heterocycles. The van der Waals surface area contributed by atoms with Crippen molar-refractivity contribution in [2.24, 2.45) is 16.1 Å². The van der Waals surface area contributed by atoms with Crippen LogP contribution in [0.5, 0.6) is 5.75 Å². The lowest BCUT2D eigenvalue weighted by atomic mass is 10.00. The zero-order chi connectivity index (χ0) is 29.2. The highest BCUT2D eigenvalue weighted by Gasteiger charge is 2.12. The molecular weight excluding hydrogens is 555 g/mol. The molecule has 0 radical (unpaired) electrons. The van der Waals surface area contributed by atoms with E-state index >= 15 is 0 Å². The van der Waals surface area contributed by atoms with Gasteiger partial charge in [0.05, 0.1) is 10.4 Å². The monoisotopic (exact) mass is 587 g/mol. The number of hydrogen-bond donors (Lipinski definition) is 2. The van der Waals surface area contributed by atoms with Crippen LogP contribution in [0.15, 0.2) is 70.4 Å². The molecule has 0 spiro atoms. The van der Waals surface area contributed by atoms with Crippen molar-refractivity contribution in [1.82, 2.24) is 4.98 Å². The first-order valence-electron chi connectivity index (χ1n) is 13.6. The van der Waals surface area contributed by atoms with Crippen molar-refractivity contribution in [1.29, 1.82) is 5.26 Å². The minimum atomic E-state index is -1.25. The molecule has 0 saturated heterocycles. The van der Waals surface area contributed by atoms with E-state index in [1.165, 1.54) is 65.7 Å². The van der Waals surface area contributed by atoms with Gasteiger partial charge in [-0.1, -0.05) is 43.2 Å². The van der Waals surface area contributed by atoms with Gasteiger partial charge in [0, 0.05) is 23.7 Å². The number of carbonyl (C=O) groups is 1. The number of carboxylic acid groups (broad SMARTS) is 1. The Morgan fingerprint density at radius 2 is 1.85 bits per heavy atom. The number of azo groups is 1. The third-order valence-electron chi connectivity index (χ3n) is 6.71. The highest BCUT2D eigenvalue weighted by atomic mass is 32.1. The van der Waals surface area contributed by atoms with E-state index in [0.717, 1.165) is 34.7 Å². The number of thiazole rings is 1. The molecule has 8 nitrogen and oxygen atoms in total. The zero-order valence-electron chi connectivity index (χ0n) is 23.2. The smallest absolute Gasteiger partial charge is 0.346 e. The molecule has 4 rings (SSSR count). The highest BCUT2D eigenvalue weighted by Crippen LogP contribution is 2.36. The number of rotatable bonds is 14. The fraction of sp³-hybridized carbons (Fsp3) is 0.323. The molecule has 0 saturated carbocycles. The number of aryl methyl sites for hydroxylation is 1. The number of phenolic OH excluding ortho intramolecular Hbond substituents is 1. The SMILES string of the molecule is CCN(CC(C)CCCCCc1ccc(O)cc1)c1ccc(N=Nc2nc3sc(/C=C(\C#N)C(=O)O)cc3s2)cc1. The minimum Gasteiger partial charge on any atom is -0.508 e. The summed E-state index contributed by atoms with van der Waals surface area (Å²) in [6.45, 7) is 6.43. The van der Waals surface area contributed by atoms with Crippen LogP contribution in [0.3, 0.4) is 0 Å². The van der Waals surface area contributed by atoms with Gasteiger partial charge in [0.15, 0.2) is 0 Å². The average Bonchev–Trinajstić information content (AvgIpc) is 3.53. The number of carboxylic acids is 1.